The molecule has 0 aliphatic heterocycles. The molecule has 12 heavy (non-hydrogen) atoms. The summed E-state index contributed by atoms with van der Waals surface area (Å²) in [5, 5.41) is 9.63. The quantitative estimate of drug-likeness (QED) is 0.592. The van der Waals surface area contributed by atoms with E-state index in [1.54, 1.807) is 0 Å². The largest absolute Gasteiger partial charge is 0.390 e. The highest BCUT2D eigenvalue weighted by Gasteiger charge is 2.47. The van der Waals surface area contributed by atoms with Crippen LogP contribution in [-0.4, -0.2) is 10.7 Å². The summed E-state index contributed by atoms with van der Waals surface area (Å²) in [6, 6.07) is 0. The van der Waals surface area contributed by atoms with Crippen LogP contribution in [0.5, 0.6) is 0 Å². The van der Waals surface area contributed by atoms with Crippen LogP contribution < -0.4 is 0 Å². The molecule has 2 fully saturated rings. The second-order valence-electron chi connectivity index (χ2n) is 4.50. The molecule has 2 saturated carbocycles. The van der Waals surface area contributed by atoms with E-state index in [-0.39, 0.29) is 5.60 Å². The molecular formula is C11H22O. The van der Waals surface area contributed by atoms with Crippen LogP contribution in [0.4, 0.5) is 0 Å². The van der Waals surface area contributed by atoms with E-state index in [9.17, 15) is 5.11 Å². The first-order valence-electron chi connectivity index (χ1n) is 5.34. The van der Waals surface area contributed by atoms with Crippen molar-refractivity contribution in [1.29, 1.82) is 0 Å². The SMILES string of the molecule is CC.CC1(O)CCC2(CC1)CC2. The Labute approximate surface area is 76.2 Å². The van der Waals surface area contributed by atoms with Crippen LogP contribution in [0.1, 0.15) is 59.3 Å². The highest BCUT2D eigenvalue weighted by Crippen LogP contribution is 2.57. The van der Waals surface area contributed by atoms with Gasteiger partial charge in [-0.1, -0.05) is 13.8 Å². The Hall–Kier alpha value is -0.0400. The van der Waals surface area contributed by atoms with E-state index >= 15 is 0 Å². The van der Waals surface area contributed by atoms with Gasteiger partial charge in [0, 0.05) is 0 Å². The van der Waals surface area contributed by atoms with E-state index in [1.807, 2.05) is 20.8 Å². The minimum atomic E-state index is -0.326. The molecule has 0 unspecified atom stereocenters. The van der Waals surface area contributed by atoms with Gasteiger partial charge in [-0.3, -0.25) is 0 Å². The summed E-state index contributed by atoms with van der Waals surface area (Å²) in [5.41, 5.74) is 0.399. The third-order valence-corrected chi connectivity index (χ3v) is 3.34. The van der Waals surface area contributed by atoms with E-state index in [0.29, 0.717) is 0 Å². The molecule has 0 aromatic carbocycles. The molecule has 0 atom stereocenters. The summed E-state index contributed by atoms with van der Waals surface area (Å²) >= 11 is 0. The fourth-order valence-corrected chi connectivity index (χ4v) is 2.00. The molecule has 0 aromatic heterocycles. The topological polar surface area (TPSA) is 20.2 Å². The molecule has 2 aliphatic rings. The normalized spacial score (nSPS) is 29.0. The molecule has 1 N–H and O–H groups in total. The van der Waals surface area contributed by atoms with Crippen LogP contribution in [0.2, 0.25) is 0 Å². The highest BCUT2D eigenvalue weighted by atomic mass is 16.3. The summed E-state index contributed by atoms with van der Waals surface area (Å²) in [7, 11) is 0. The van der Waals surface area contributed by atoms with Crippen molar-refractivity contribution in [3.8, 4) is 0 Å². The van der Waals surface area contributed by atoms with Gasteiger partial charge in [0.15, 0.2) is 0 Å². The smallest absolute Gasteiger partial charge is 0.0620 e. The lowest BCUT2D eigenvalue weighted by Crippen LogP contribution is -2.30. The summed E-state index contributed by atoms with van der Waals surface area (Å²) < 4.78 is 0. The predicted octanol–water partition coefficient (Wildman–Crippen LogP) is 3.12. The number of aliphatic hydroxyl groups is 1. The lowest BCUT2D eigenvalue weighted by molar-refractivity contribution is 0.00348. The second-order valence-corrected chi connectivity index (χ2v) is 4.50. The Bertz CT molecular complexity index is 127. The standard InChI is InChI=1S/C9H16O.C2H6/c1-8(10)2-4-9(5-3-8)6-7-9;1-2/h10H,2-7H2,1H3;1-2H3. The van der Waals surface area contributed by atoms with Crippen LogP contribution in [0, 0.1) is 5.41 Å². The van der Waals surface area contributed by atoms with E-state index < -0.39 is 0 Å². The Balaban J connectivity index is 0.000000336. The van der Waals surface area contributed by atoms with Gasteiger partial charge < -0.3 is 5.11 Å². The minimum Gasteiger partial charge on any atom is -0.390 e. The van der Waals surface area contributed by atoms with E-state index in [0.717, 1.165) is 18.3 Å². The monoisotopic (exact) mass is 170 g/mol. The Morgan fingerprint density at radius 3 is 1.50 bits per heavy atom. The first kappa shape index (κ1) is 10.0. The molecule has 2 aliphatic carbocycles. The molecule has 0 radical (unpaired) electrons. The Morgan fingerprint density at radius 2 is 1.17 bits per heavy atom. The van der Waals surface area contributed by atoms with Crippen molar-refractivity contribution in [2.24, 2.45) is 5.41 Å². The zero-order valence-electron chi connectivity index (χ0n) is 8.69. The third-order valence-electron chi connectivity index (χ3n) is 3.34. The molecule has 1 nitrogen and oxygen atoms in total. The molecular weight excluding hydrogens is 148 g/mol. The minimum absolute atomic E-state index is 0.326. The average Bonchev–Trinajstić information content (AvgIpc) is 2.82. The van der Waals surface area contributed by atoms with Gasteiger partial charge in [-0.05, 0) is 50.9 Å². The van der Waals surface area contributed by atoms with Gasteiger partial charge in [0.05, 0.1) is 5.60 Å². The predicted molar refractivity (Wildman–Crippen MR) is 52.1 cm³/mol. The molecule has 0 bridgehead atoms. The maximum Gasteiger partial charge on any atom is 0.0620 e. The molecule has 0 heterocycles. The van der Waals surface area contributed by atoms with Gasteiger partial charge in [0.25, 0.3) is 0 Å². The van der Waals surface area contributed by atoms with E-state index in [1.165, 1.54) is 25.7 Å². The molecule has 0 aromatic rings. The summed E-state index contributed by atoms with van der Waals surface area (Å²) in [6.07, 6.45) is 7.49. The van der Waals surface area contributed by atoms with Crippen molar-refractivity contribution in [2.75, 3.05) is 0 Å². The summed E-state index contributed by atoms with van der Waals surface area (Å²) in [6.45, 7) is 5.97. The first-order chi connectivity index (χ1) is 5.62. The first-order valence-corrected chi connectivity index (χ1v) is 5.34. The second kappa shape index (κ2) is 3.37. The molecule has 2 rings (SSSR count). The molecule has 0 amide bonds. The maximum absolute atomic E-state index is 9.63. The lowest BCUT2D eigenvalue weighted by atomic mass is 9.78. The van der Waals surface area contributed by atoms with Crippen LogP contribution in [0.15, 0.2) is 0 Å². The van der Waals surface area contributed by atoms with Crippen molar-refractivity contribution in [1.82, 2.24) is 0 Å². The van der Waals surface area contributed by atoms with Crippen molar-refractivity contribution in [2.45, 2.75) is 64.9 Å². The van der Waals surface area contributed by atoms with Gasteiger partial charge in [0.1, 0.15) is 0 Å². The van der Waals surface area contributed by atoms with Crippen LogP contribution in [0.25, 0.3) is 0 Å². The summed E-state index contributed by atoms with van der Waals surface area (Å²) in [4.78, 5) is 0. The zero-order chi connectivity index (χ0) is 9.24. The van der Waals surface area contributed by atoms with Crippen LogP contribution in [0.3, 0.4) is 0 Å². The highest BCUT2D eigenvalue weighted by molar-refractivity contribution is 4.99. The molecule has 1 heteroatoms. The van der Waals surface area contributed by atoms with Crippen LogP contribution in [-0.2, 0) is 0 Å². The van der Waals surface area contributed by atoms with Crippen molar-refractivity contribution in [3.63, 3.8) is 0 Å². The van der Waals surface area contributed by atoms with Crippen molar-refractivity contribution in [3.05, 3.63) is 0 Å². The fourth-order valence-electron chi connectivity index (χ4n) is 2.00. The van der Waals surface area contributed by atoms with Crippen molar-refractivity contribution < 1.29 is 5.11 Å². The zero-order valence-corrected chi connectivity index (χ0v) is 8.69. The van der Waals surface area contributed by atoms with Crippen molar-refractivity contribution >= 4 is 0 Å². The van der Waals surface area contributed by atoms with Gasteiger partial charge in [-0.25, -0.2) is 0 Å². The van der Waals surface area contributed by atoms with E-state index in [4.69, 9.17) is 0 Å². The Kier molecular flexibility index (Phi) is 2.82. The fraction of sp³-hybridized carbons (Fsp3) is 1.00. The van der Waals surface area contributed by atoms with Gasteiger partial charge in [-0.2, -0.15) is 0 Å². The van der Waals surface area contributed by atoms with Gasteiger partial charge in [-0.15, -0.1) is 0 Å². The van der Waals surface area contributed by atoms with E-state index in [2.05, 4.69) is 0 Å². The molecule has 72 valence electrons. The number of hydrogen-bond donors (Lipinski definition) is 1. The van der Waals surface area contributed by atoms with Gasteiger partial charge in [0.2, 0.25) is 0 Å². The third kappa shape index (κ3) is 2.22. The van der Waals surface area contributed by atoms with Crippen LogP contribution >= 0.6 is 0 Å². The molecule has 0 saturated heterocycles. The number of rotatable bonds is 0. The average molecular weight is 170 g/mol. The number of hydrogen-bond acceptors (Lipinski definition) is 1. The van der Waals surface area contributed by atoms with Gasteiger partial charge >= 0.3 is 0 Å². The lowest BCUT2D eigenvalue weighted by Gasteiger charge is -2.33. The maximum atomic E-state index is 9.63. The Morgan fingerprint density at radius 1 is 0.833 bits per heavy atom. The summed E-state index contributed by atoms with van der Waals surface area (Å²) in [5.74, 6) is 0. The molecule has 1 spiro atoms.